The highest BCUT2D eigenvalue weighted by atomic mass is 79.9. The molecule has 0 bridgehead atoms. The first kappa shape index (κ1) is 12.6. The fourth-order valence-corrected chi connectivity index (χ4v) is 3.50. The van der Waals surface area contributed by atoms with Crippen LogP contribution in [0.25, 0.3) is 0 Å². The highest BCUT2D eigenvalue weighted by Crippen LogP contribution is 2.27. The highest BCUT2D eigenvalue weighted by molar-refractivity contribution is 9.10. The Morgan fingerprint density at radius 2 is 2.24 bits per heavy atom. The van der Waals surface area contributed by atoms with Crippen molar-refractivity contribution < 1.29 is 14.7 Å². The lowest BCUT2D eigenvalue weighted by molar-refractivity contribution is -0.143. The number of nitrogens with zero attached hydrogens (tertiary/aromatic N) is 1. The lowest BCUT2D eigenvalue weighted by Gasteiger charge is -2.32. The number of amides is 1. The number of aliphatic carboxylic acids is 1. The Bertz CT molecular complexity index is 446. The minimum Gasteiger partial charge on any atom is -0.480 e. The number of hydrogen-bond donors (Lipinski definition) is 1. The Morgan fingerprint density at radius 1 is 1.47 bits per heavy atom. The van der Waals surface area contributed by atoms with Crippen molar-refractivity contribution in [1.29, 1.82) is 0 Å². The molecule has 1 atom stereocenters. The molecule has 1 aliphatic heterocycles. The Kier molecular flexibility index (Phi) is 3.83. The summed E-state index contributed by atoms with van der Waals surface area (Å²) in [7, 11) is 0. The summed E-state index contributed by atoms with van der Waals surface area (Å²) in [5.41, 5.74) is 0. The third-order valence-corrected chi connectivity index (χ3v) is 4.69. The van der Waals surface area contributed by atoms with E-state index in [4.69, 9.17) is 5.11 Å². The van der Waals surface area contributed by atoms with E-state index < -0.39 is 12.0 Å². The second kappa shape index (κ2) is 5.18. The van der Waals surface area contributed by atoms with E-state index in [0.717, 1.165) is 17.3 Å². The van der Waals surface area contributed by atoms with E-state index in [1.165, 1.54) is 16.2 Å². The van der Waals surface area contributed by atoms with Crippen molar-refractivity contribution in [2.45, 2.75) is 25.3 Å². The molecule has 92 valence electrons. The Morgan fingerprint density at radius 3 is 2.82 bits per heavy atom. The van der Waals surface area contributed by atoms with Gasteiger partial charge in [-0.15, -0.1) is 11.3 Å². The van der Waals surface area contributed by atoms with Crippen LogP contribution in [0.15, 0.2) is 15.9 Å². The summed E-state index contributed by atoms with van der Waals surface area (Å²) in [6.07, 6.45) is 2.29. The van der Waals surface area contributed by atoms with E-state index >= 15 is 0 Å². The molecule has 4 nitrogen and oxygen atoms in total. The number of carbonyl (C=O) groups is 2. The number of carbonyl (C=O) groups excluding carboxylic acids is 1. The molecule has 1 fully saturated rings. The maximum Gasteiger partial charge on any atom is 0.326 e. The van der Waals surface area contributed by atoms with Gasteiger partial charge in [0.2, 0.25) is 0 Å². The second-order valence-electron chi connectivity index (χ2n) is 3.95. The summed E-state index contributed by atoms with van der Waals surface area (Å²) in [5, 5.41) is 10.9. The number of piperidine rings is 1. The van der Waals surface area contributed by atoms with E-state index in [1.54, 1.807) is 6.07 Å². The molecular weight excluding hydrogens is 306 g/mol. The molecule has 0 aliphatic carbocycles. The van der Waals surface area contributed by atoms with Gasteiger partial charge in [0, 0.05) is 11.0 Å². The van der Waals surface area contributed by atoms with Crippen LogP contribution in [0.1, 0.15) is 28.9 Å². The molecule has 17 heavy (non-hydrogen) atoms. The van der Waals surface area contributed by atoms with Crippen molar-refractivity contribution >= 4 is 39.1 Å². The van der Waals surface area contributed by atoms with Crippen LogP contribution in [-0.2, 0) is 4.79 Å². The first-order chi connectivity index (χ1) is 8.11. The van der Waals surface area contributed by atoms with Gasteiger partial charge in [-0.3, -0.25) is 4.79 Å². The minimum atomic E-state index is -0.911. The molecule has 0 aromatic carbocycles. The number of likely N-dealkylation sites (tertiary alicyclic amines) is 1. The van der Waals surface area contributed by atoms with Crippen molar-refractivity contribution in [3.63, 3.8) is 0 Å². The van der Waals surface area contributed by atoms with E-state index in [-0.39, 0.29) is 5.91 Å². The van der Waals surface area contributed by atoms with Crippen LogP contribution in [0.3, 0.4) is 0 Å². The zero-order chi connectivity index (χ0) is 12.4. The topological polar surface area (TPSA) is 57.6 Å². The van der Waals surface area contributed by atoms with E-state index in [2.05, 4.69) is 15.9 Å². The van der Waals surface area contributed by atoms with Crippen LogP contribution in [0.4, 0.5) is 0 Å². The van der Waals surface area contributed by atoms with Gasteiger partial charge in [0.15, 0.2) is 0 Å². The molecule has 0 spiro atoms. The van der Waals surface area contributed by atoms with Gasteiger partial charge in [0.1, 0.15) is 10.9 Å². The van der Waals surface area contributed by atoms with Gasteiger partial charge in [0.25, 0.3) is 5.91 Å². The average molecular weight is 318 g/mol. The van der Waals surface area contributed by atoms with Crippen molar-refractivity contribution in [3.8, 4) is 0 Å². The number of halogens is 1. The van der Waals surface area contributed by atoms with Crippen molar-refractivity contribution in [2.24, 2.45) is 0 Å². The first-order valence-electron chi connectivity index (χ1n) is 5.38. The molecule has 0 unspecified atom stereocenters. The van der Waals surface area contributed by atoms with Crippen LogP contribution < -0.4 is 0 Å². The molecule has 1 aliphatic rings. The van der Waals surface area contributed by atoms with Gasteiger partial charge in [-0.2, -0.15) is 0 Å². The number of thiophene rings is 1. The Hall–Kier alpha value is -0.880. The maximum absolute atomic E-state index is 12.2. The van der Waals surface area contributed by atoms with E-state index in [0.29, 0.717) is 17.8 Å². The molecule has 1 aromatic rings. The number of rotatable bonds is 2. The monoisotopic (exact) mass is 317 g/mol. The summed E-state index contributed by atoms with van der Waals surface area (Å²) >= 11 is 4.64. The van der Waals surface area contributed by atoms with Gasteiger partial charge < -0.3 is 10.0 Å². The van der Waals surface area contributed by atoms with Gasteiger partial charge in [-0.05, 0) is 46.6 Å². The molecule has 0 saturated carbocycles. The Labute approximate surface area is 111 Å². The van der Waals surface area contributed by atoms with Gasteiger partial charge >= 0.3 is 5.97 Å². The second-order valence-corrected chi connectivity index (χ2v) is 5.72. The van der Waals surface area contributed by atoms with Gasteiger partial charge in [-0.1, -0.05) is 0 Å². The standard InChI is InChI=1S/C11H12BrNO3S/c12-7-4-6-17-9(7)10(14)13-5-2-1-3-8(13)11(15)16/h4,6,8H,1-3,5H2,(H,15,16)/t8-/m1/s1. The normalized spacial score (nSPS) is 20.3. The minimum absolute atomic E-state index is 0.182. The summed E-state index contributed by atoms with van der Waals surface area (Å²) in [4.78, 5) is 25.4. The summed E-state index contributed by atoms with van der Waals surface area (Å²) in [6.45, 7) is 0.528. The van der Waals surface area contributed by atoms with Gasteiger partial charge in [0.05, 0.1) is 0 Å². The highest BCUT2D eigenvalue weighted by Gasteiger charge is 2.33. The fraction of sp³-hybridized carbons (Fsp3) is 0.455. The number of carboxylic acid groups (broad SMARTS) is 1. The molecule has 1 aromatic heterocycles. The van der Waals surface area contributed by atoms with Crippen LogP contribution in [0.5, 0.6) is 0 Å². The largest absolute Gasteiger partial charge is 0.480 e. The maximum atomic E-state index is 12.2. The molecule has 1 amide bonds. The van der Waals surface area contributed by atoms with E-state index in [1.807, 2.05) is 5.38 Å². The van der Waals surface area contributed by atoms with Crippen molar-refractivity contribution in [2.75, 3.05) is 6.54 Å². The lowest BCUT2D eigenvalue weighted by Crippen LogP contribution is -2.47. The molecule has 2 rings (SSSR count). The van der Waals surface area contributed by atoms with Gasteiger partial charge in [-0.25, -0.2) is 4.79 Å². The van der Waals surface area contributed by atoms with Crippen LogP contribution >= 0.6 is 27.3 Å². The summed E-state index contributed by atoms with van der Waals surface area (Å²) in [5.74, 6) is -1.09. The van der Waals surface area contributed by atoms with Crippen molar-refractivity contribution in [3.05, 3.63) is 20.8 Å². The predicted molar refractivity (Wildman–Crippen MR) is 68.3 cm³/mol. The number of hydrogen-bond acceptors (Lipinski definition) is 3. The smallest absolute Gasteiger partial charge is 0.326 e. The van der Waals surface area contributed by atoms with Crippen LogP contribution in [0.2, 0.25) is 0 Å². The SMILES string of the molecule is O=C(O)[C@H]1CCCCN1C(=O)c1sccc1Br. The number of carboxylic acids is 1. The quantitative estimate of drug-likeness (QED) is 0.912. The summed E-state index contributed by atoms with van der Waals surface area (Å²) < 4.78 is 0.738. The lowest BCUT2D eigenvalue weighted by atomic mass is 10.0. The molecular formula is C11H12BrNO3S. The molecule has 0 radical (unpaired) electrons. The Balaban J connectivity index is 2.23. The molecule has 2 heterocycles. The fourth-order valence-electron chi connectivity index (χ4n) is 2.01. The third kappa shape index (κ3) is 2.52. The summed E-state index contributed by atoms with van der Waals surface area (Å²) in [6, 6.07) is 1.13. The van der Waals surface area contributed by atoms with Crippen LogP contribution in [0, 0.1) is 0 Å². The predicted octanol–water partition coefficient (Wildman–Crippen LogP) is 2.59. The zero-order valence-corrected chi connectivity index (χ0v) is 11.5. The zero-order valence-electron chi connectivity index (χ0n) is 9.06. The first-order valence-corrected chi connectivity index (χ1v) is 7.05. The molecule has 6 heteroatoms. The van der Waals surface area contributed by atoms with Crippen molar-refractivity contribution in [1.82, 2.24) is 4.90 Å². The van der Waals surface area contributed by atoms with E-state index in [9.17, 15) is 9.59 Å². The molecule has 1 N–H and O–H groups in total. The average Bonchev–Trinajstić information content (AvgIpc) is 2.74. The molecule has 1 saturated heterocycles. The third-order valence-electron chi connectivity index (χ3n) is 2.86. The van der Waals surface area contributed by atoms with Crippen LogP contribution in [-0.4, -0.2) is 34.5 Å².